The highest BCUT2D eigenvalue weighted by Crippen LogP contribution is 2.39. The Kier molecular flexibility index (Phi) is 11.7. The number of halogens is 1. The summed E-state index contributed by atoms with van der Waals surface area (Å²) in [6.07, 6.45) is 1.36. The van der Waals surface area contributed by atoms with Gasteiger partial charge in [-0.25, -0.2) is 9.07 Å². The van der Waals surface area contributed by atoms with Gasteiger partial charge in [-0.2, -0.15) is 0 Å². The van der Waals surface area contributed by atoms with E-state index in [0.717, 1.165) is 16.9 Å². The van der Waals surface area contributed by atoms with Crippen LogP contribution in [0.2, 0.25) is 0 Å². The molecule has 43 heavy (non-hydrogen) atoms. The minimum atomic E-state index is -0.815. The quantitative estimate of drug-likeness (QED) is 0.259. The third kappa shape index (κ3) is 7.99. The highest BCUT2D eigenvalue weighted by Gasteiger charge is 2.41. The molecule has 232 valence electrons. The van der Waals surface area contributed by atoms with E-state index in [9.17, 15) is 14.0 Å². The van der Waals surface area contributed by atoms with Crippen LogP contribution in [-0.2, 0) is 37.3 Å². The Morgan fingerprint density at radius 3 is 2.42 bits per heavy atom. The first-order chi connectivity index (χ1) is 20.8. The number of aromatic nitrogens is 2. The van der Waals surface area contributed by atoms with Gasteiger partial charge in [0.25, 0.3) is 11.5 Å². The molecular formula is C32H40FN3O7. The van der Waals surface area contributed by atoms with Crippen LogP contribution < -0.4 is 10.9 Å². The number of para-hydroxylation sites is 1. The Labute approximate surface area is 250 Å². The summed E-state index contributed by atoms with van der Waals surface area (Å²) in [5.74, 6) is -1.64. The van der Waals surface area contributed by atoms with Gasteiger partial charge in [-0.15, -0.1) is 0 Å². The molecule has 2 heterocycles. The second kappa shape index (κ2) is 15.6. The summed E-state index contributed by atoms with van der Waals surface area (Å²) in [6, 6.07) is 15.2. The number of nitrogens with one attached hydrogen (secondary N) is 1. The average molecular weight is 598 g/mol. The Bertz CT molecular complexity index is 1420. The molecule has 0 radical (unpaired) electrons. The van der Waals surface area contributed by atoms with E-state index < -0.39 is 18.1 Å². The van der Waals surface area contributed by atoms with Gasteiger partial charge in [0.15, 0.2) is 5.76 Å². The number of carbonyl (C=O) groups excluding carboxylic acids is 1. The van der Waals surface area contributed by atoms with Crippen LogP contribution in [0.15, 0.2) is 71.2 Å². The van der Waals surface area contributed by atoms with Gasteiger partial charge in [0.2, 0.25) is 6.29 Å². The number of amides is 1. The van der Waals surface area contributed by atoms with Crippen molar-refractivity contribution in [3.8, 4) is 5.69 Å². The first-order valence-corrected chi connectivity index (χ1v) is 14.5. The van der Waals surface area contributed by atoms with Crippen molar-refractivity contribution in [3.63, 3.8) is 0 Å². The largest absolute Gasteiger partial charge is 0.459 e. The maximum atomic E-state index is 14.0. The molecule has 1 amide bonds. The highest BCUT2D eigenvalue weighted by atomic mass is 19.1. The Morgan fingerprint density at radius 2 is 1.74 bits per heavy atom. The van der Waals surface area contributed by atoms with Gasteiger partial charge in [-0.05, 0) is 56.2 Å². The van der Waals surface area contributed by atoms with E-state index in [4.69, 9.17) is 24.1 Å². The van der Waals surface area contributed by atoms with Crippen molar-refractivity contribution < 1.29 is 33.2 Å². The SMILES string of the molecule is CCO[C@@H]1OC(C(=O)NCc2ccc(F)cc2)=C[C@H](c2c(C)n(C)n(-c3ccccc3)c2=O)[C@@H]1CCOCCOCCO. The maximum Gasteiger partial charge on any atom is 0.286 e. The number of rotatable bonds is 15. The molecular weight excluding hydrogens is 557 g/mol. The standard InChI is InChI=1S/C32H40FN3O7/c1-4-42-32-26(14-16-40-18-19-41-17-15-37)27(20-28(43-32)30(38)34-21-23-10-12-24(33)13-11-23)29-22(2)35(3)36(31(29)39)25-8-6-5-7-9-25/h5-13,20,26-27,32,37H,4,14-19,21H2,1-3H3,(H,34,38)/t26-,27-,32+/m0/s1. The molecule has 1 aromatic heterocycles. The number of hydrogen-bond donors (Lipinski definition) is 2. The molecule has 2 aromatic carbocycles. The average Bonchev–Trinajstić information content (AvgIpc) is 3.24. The number of ether oxygens (including phenoxy) is 4. The molecule has 2 N–H and O–H groups in total. The molecule has 10 nitrogen and oxygen atoms in total. The van der Waals surface area contributed by atoms with Crippen LogP contribution in [-0.4, -0.2) is 66.3 Å². The van der Waals surface area contributed by atoms with Crippen LogP contribution in [0.3, 0.4) is 0 Å². The second-order valence-electron chi connectivity index (χ2n) is 10.2. The molecule has 0 saturated heterocycles. The monoisotopic (exact) mass is 597 g/mol. The molecule has 1 aliphatic heterocycles. The summed E-state index contributed by atoms with van der Waals surface area (Å²) >= 11 is 0. The summed E-state index contributed by atoms with van der Waals surface area (Å²) in [5, 5.41) is 11.7. The van der Waals surface area contributed by atoms with E-state index in [1.807, 2.05) is 55.9 Å². The summed E-state index contributed by atoms with van der Waals surface area (Å²) in [7, 11) is 1.83. The molecule has 0 unspecified atom stereocenters. The molecule has 11 heteroatoms. The van der Waals surface area contributed by atoms with Gasteiger partial charge in [-0.3, -0.25) is 14.3 Å². The van der Waals surface area contributed by atoms with Crippen molar-refractivity contribution in [3.05, 3.63) is 99.4 Å². The minimum Gasteiger partial charge on any atom is -0.459 e. The maximum absolute atomic E-state index is 14.0. The Morgan fingerprint density at radius 1 is 1.05 bits per heavy atom. The van der Waals surface area contributed by atoms with Crippen LogP contribution in [0.1, 0.15) is 36.1 Å². The van der Waals surface area contributed by atoms with Crippen LogP contribution in [0.5, 0.6) is 0 Å². The van der Waals surface area contributed by atoms with Crippen molar-refractivity contribution in [2.24, 2.45) is 13.0 Å². The smallest absolute Gasteiger partial charge is 0.286 e. The molecule has 4 rings (SSSR count). The lowest BCUT2D eigenvalue weighted by molar-refractivity contribution is -0.168. The van der Waals surface area contributed by atoms with Gasteiger partial charge in [0, 0.05) is 49.9 Å². The fourth-order valence-electron chi connectivity index (χ4n) is 5.22. The van der Waals surface area contributed by atoms with Gasteiger partial charge >= 0.3 is 0 Å². The lowest BCUT2D eigenvalue weighted by Gasteiger charge is -2.36. The number of hydrogen-bond acceptors (Lipinski definition) is 7. The molecule has 3 atom stereocenters. The molecule has 0 fully saturated rings. The van der Waals surface area contributed by atoms with Crippen molar-refractivity contribution >= 4 is 5.91 Å². The van der Waals surface area contributed by atoms with E-state index in [1.54, 1.807) is 22.9 Å². The van der Waals surface area contributed by atoms with E-state index >= 15 is 0 Å². The Balaban J connectivity index is 1.66. The molecule has 3 aromatic rings. The van der Waals surface area contributed by atoms with Gasteiger partial charge < -0.3 is 29.4 Å². The number of nitrogens with zero attached hydrogens (tertiary/aromatic N) is 2. The van der Waals surface area contributed by atoms with E-state index in [2.05, 4.69) is 5.32 Å². The third-order valence-corrected chi connectivity index (χ3v) is 7.44. The lowest BCUT2D eigenvalue weighted by atomic mass is 9.81. The van der Waals surface area contributed by atoms with Crippen LogP contribution in [0, 0.1) is 18.7 Å². The number of aliphatic hydroxyl groups excluding tert-OH is 1. The topological polar surface area (TPSA) is 113 Å². The first-order valence-electron chi connectivity index (χ1n) is 14.5. The Hall–Kier alpha value is -3.77. The summed E-state index contributed by atoms with van der Waals surface area (Å²) in [5.41, 5.74) is 2.55. The van der Waals surface area contributed by atoms with E-state index in [1.165, 1.54) is 12.1 Å². The summed E-state index contributed by atoms with van der Waals surface area (Å²) in [6.45, 7) is 5.44. The zero-order chi connectivity index (χ0) is 30.8. The summed E-state index contributed by atoms with van der Waals surface area (Å²) < 4.78 is 39.9. The van der Waals surface area contributed by atoms with Crippen LogP contribution >= 0.6 is 0 Å². The zero-order valence-electron chi connectivity index (χ0n) is 24.8. The van der Waals surface area contributed by atoms with Crippen LogP contribution in [0.4, 0.5) is 4.39 Å². The van der Waals surface area contributed by atoms with Crippen molar-refractivity contribution in [1.29, 1.82) is 0 Å². The normalized spacial score (nSPS) is 18.3. The minimum absolute atomic E-state index is 0.0500. The van der Waals surface area contributed by atoms with Crippen molar-refractivity contribution in [1.82, 2.24) is 14.7 Å². The second-order valence-corrected chi connectivity index (χ2v) is 10.2. The lowest BCUT2D eigenvalue weighted by Crippen LogP contribution is -2.40. The third-order valence-electron chi connectivity index (χ3n) is 7.44. The van der Waals surface area contributed by atoms with Crippen molar-refractivity contribution in [2.75, 3.05) is 39.6 Å². The molecule has 0 aliphatic carbocycles. The predicted octanol–water partition coefficient (Wildman–Crippen LogP) is 3.33. The molecule has 0 saturated carbocycles. The van der Waals surface area contributed by atoms with E-state index in [0.29, 0.717) is 38.4 Å². The zero-order valence-corrected chi connectivity index (χ0v) is 24.8. The van der Waals surface area contributed by atoms with Gasteiger partial charge in [0.05, 0.1) is 32.1 Å². The number of benzene rings is 2. The highest BCUT2D eigenvalue weighted by molar-refractivity contribution is 5.91. The fourth-order valence-corrected chi connectivity index (χ4v) is 5.22. The van der Waals surface area contributed by atoms with E-state index in [-0.39, 0.29) is 42.8 Å². The number of aliphatic hydroxyl groups is 1. The first kappa shape index (κ1) is 32.2. The molecule has 0 bridgehead atoms. The van der Waals surface area contributed by atoms with Gasteiger partial charge in [-0.1, -0.05) is 30.3 Å². The fraction of sp³-hybridized carbons (Fsp3) is 0.438. The number of carbonyl (C=O) groups is 1. The molecule has 0 spiro atoms. The van der Waals surface area contributed by atoms with Gasteiger partial charge in [0.1, 0.15) is 5.82 Å². The number of allylic oxidation sites excluding steroid dienone is 1. The predicted molar refractivity (Wildman–Crippen MR) is 158 cm³/mol. The van der Waals surface area contributed by atoms with Crippen molar-refractivity contribution in [2.45, 2.75) is 39.0 Å². The summed E-state index contributed by atoms with van der Waals surface area (Å²) in [4.78, 5) is 27.4. The molecule has 1 aliphatic rings. The van der Waals surface area contributed by atoms with Crippen LogP contribution in [0.25, 0.3) is 5.69 Å².